The van der Waals surface area contributed by atoms with Gasteiger partial charge in [0.25, 0.3) is 0 Å². The van der Waals surface area contributed by atoms with Crippen LogP contribution in [0.3, 0.4) is 0 Å². The largest absolute Gasteiger partial charge is 0.397 e. The van der Waals surface area contributed by atoms with Gasteiger partial charge in [-0.3, -0.25) is 0 Å². The monoisotopic (exact) mass is 233 g/mol. The highest BCUT2D eigenvalue weighted by atomic mass is 15.0. The van der Waals surface area contributed by atoms with Crippen LogP contribution in [0.1, 0.15) is 44.6 Å². The molecule has 0 amide bonds. The molecule has 0 spiro atoms. The van der Waals surface area contributed by atoms with Crippen molar-refractivity contribution in [2.75, 3.05) is 17.6 Å². The standard InChI is InChI=1S/C14H23N3/c1-11-8-12(15)9-16-13(11)17-10-14(2)6-4-3-5-7-14/h8-9H,3-7,10,15H2,1-2H3,(H,16,17). The fourth-order valence-corrected chi connectivity index (χ4v) is 2.66. The van der Waals surface area contributed by atoms with Crippen molar-refractivity contribution in [1.82, 2.24) is 4.98 Å². The first-order valence-electron chi connectivity index (χ1n) is 6.55. The molecule has 17 heavy (non-hydrogen) atoms. The lowest BCUT2D eigenvalue weighted by Crippen LogP contribution is -2.29. The molecule has 1 fully saturated rings. The second-order valence-electron chi connectivity index (χ2n) is 5.66. The first-order valence-corrected chi connectivity index (χ1v) is 6.55. The van der Waals surface area contributed by atoms with Gasteiger partial charge >= 0.3 is 0 Å². The summed E-state index contributed by atoms with van der Waals surface area (Å²) in [6.45, 7) is 5.45. The Hall–Kier alpha value is -1.25. The van der Waals surface area contributed by atoms with E-state index in [-0.39, 0.29) is 0 Å². The molecule has 1 aliphatic rings. The number of nitrogens with zero attached hydrogens (tertiary/aromatic N) is 1. The normalized spacial score (nSPS) is 18.9. The number of aryl methyl sites for hydroxylation is 1. The van der Waals surface area contributed by atoms with Gasteiger partial charge in [0.05, 0.1) is 11.9 Å². The Kier molecular flexibility index (Phi) is 3.55. The van der Waals surface area contributed by atoms with Crippen molar-refractivity contribution >= 4 is 11.5 Å². The molecule has 1 aromatic heterocycles. The number of nitrogen functional groups attached to an aromatic ring is 1. The third-order valence-electron chi connectivity index (χ3n) is 3.84. The molecule has 0 atom stereocenters. The van der Waals surface area contributed by atoms with E-state index in [1.54, 1.807) is 6.20 Å². The van der Waals surface area contributed by atoms with Gasteiger partial charge in [-0.15, -0.1) is 0 Å². The van der Waals surface area contributed by atoms with E-state index in [4.69, 9.17) is 5.73 Å². The number of nitrogens with two attached hydrogens (primary N) is 1. The van der Waals surface area contributed by atoms with Crippen LogP contribution in [0, 0.1) is 12.3 Å². The van der Waals surface area contributed by atoms with Gasteiger partial charge in [0.2, 0.25) is 0 Å². The zero-order chi connectivity index (χ0) is 12.3. The van der Waals surface area contributed by atoms with Crippen LogP contribution in [0.5, 0.6) is 0 Å². The molecular weight excluding hydrogens is 210 g/mol. The summed E-state index contributed by atoms with van der Waals surface area (Å²) in [5, 5.41) is 3.48. The van der Waals surface area contributed by atoms with E-state index in [1.807, 2.05) is 6.07 Å². The van der Waals surface area contributed by atoms with Crippen molar-refractivity contribution in [3.63, 3.8) is 0 Å². The number of rotatable bonds is 3. The maximum absolute atomic E-state index is 5.70. The fourth-order valence-electron chi connectivity index (χ4n) is 2.66. The molecule has 0 radical (unpaired) electrons. The van der Waals surface area contributed by atoms with E-state index >= 15 is 0 Å². The molecule has 0 bridgehead atoms. The molecule has 3 nitrogen and oxygen atoms in total. The highest BCUT2D eigenvalue weighted by Crippen LogP contribution is 2.35. The summed E-state index contributed by atoms with van der Waals surface area (Å²) in [7, 11) is 0. The summed E-state index contributed by atoms with van der Waals surface area (Å²) in [5.41, 5.74) is 8.00. The van der Waals surface area contributed by atoms with Crippen molar-refractivity contribution in [2.24, 2.45) is 5.41 Å². The second-order valence-corrected chi connectivity index (χ2v) is 5.66. The highest BCUT2D eigenvalue weighted by Gasteiger charge is 2.26. The number of pyridine rings is 1. The second kappa shape index (κ2) is 4.94. The van der Waals surface area contributed by atoms with Gasteiger partial charge in [0, 0.05) is 6.54 Å². The average molecular weight is 233 g/mol. The van der Waals surface area contributed by atoms with Crippen LogP contribution < -0.4 is 11.1 Å². The summed E-state index contributed by atoms with van der Waals surface area (Å²) in [4.78, 5) is 4.36. The van der Waals surface area contributed by atoms with Crippen LogP contribution in [0.15, 0.2) is 12.3 Å². The predicted octanol–water partition coefficient (Wildman–Crippen LogP) is 3.35. The van der Waals surface area contributed by atoms with E-state index in [9.17, 15) is 0 Å². The van der Waals surface area contributed by atoms with Crippen LogP contribution in [0.2, 0.25) is 0 Å². The lowest BCUT2D eigenvalue weighted by molar-refractivity contribution is 0.233. The Labute approximate surface area is 104 Å². The number of nitrogens with one attached hydrogen (secondary N) is 1. The molecule has 1 saturated carbocycles. The molecule has 0 saturated heterocycles. The summed E-state index contributed by atoms with van der Waals surface area (Å²) >= 11 is 0. The third kappa shape index (κ3) is 3.11. The lowest BCUT2D eigenvalue weighted by Gasteiger charge is -2.34. The number of hydrogen-bond donors (Lipinski definition) is 2. The maximum Gasteiger partial charge on any atom is 0.129 e. The van der Waals surface area contributed by atoms with Gasteiger partial charge < -0.3 is 11.1 Å². The topological polar surface area (TPSA) is 50.9 Å². The number of hydrogen-bond acceptors (Lipinski definition) is 3. The van der Waals surface area contributed by atoms with Crippen molar-refractivity contribution in [3.8, 4) is 0 Å². The third-order valence-corrected chi connectivity index (χ3v) is 3.84. The zero-order valence-electron chi connectivity index (χ0n) is 10.9. The fraction of sp³-hybridized carbons (Fsp3) is 0.643. The molecule has 3 heteroatoms. The minimum Gasteiger partial charge on any atom is -0.397 e. The predicted molar refractivity (Wildman–Crippen MR) is 73.1 cm³/mol. The van der Waals surface area contributed by atoms with E-state index in [2.05, 4.69) is 24.1 Å². The van der Waals surface area contributed by atoms with E-state index < -0.39 is 0 Å². The van der Waals surface area contributed by atoms with Gasteiger partial charge in [-0.2, -0.15) is 0 Å². The van der Waals surface area contributed by atoms with Gasteiger partial charge in [-0.1, -0.05) is 26.2 Å². The van der Waals surface area contributed by atoms with Gasteiger partial charge in [0.15, 0.2) is 0 Å². The molecule has 1 aliphatic carbocycles. The maximum atomic E-state index is 5.70. The Morgan fingerprint density at radius 1 is 1.35 bits per heavy atom. The first kappa shape index (κ1) is 12.2. The SMILES string of the molecule is Cc1cc(N)cnc1NCC1(C)CCCCC1. The molecule has 0 aliphatic heterocycles. The quantitative estimate of drug-likeness (QED) is 0.841. The van der Waals surface area contributed by atoms with Crippen molar-refractivity contribution in [1.29, 1.82) is 0 Å². The molecule has 0 unspecified atom stereocenters. The van der Waals surface area contributed by atoms with E-state index in [0.29, 0.717) is 5.41 Å². The average Bonchev–Trinajstić information content (AvgIpc) is 2.29. The molecule has 3 N–H and O–H groups in total. The van der Waals surface area contributed by atoms with E-state index in [1.165, 1.54) is 32.1 Å². The van der Waals surface area contributed by atoms with Crippen molar-refractivity contribution in [2.45, 2.75) is 46.0 Å². The van der Waals surface area contributed by atoms with Crippen LogP contribution in [0.4, 0.5) is 11.5 Å². The minimum absolute atomic E-state index is 0.438. The van der Waals surface area contributed by atoms with Gasteiger partial charge in [-0.05, 0) is 36.8 Å². The smallest absolute Gasteiger partial charge is 0.129 e. The van der Waals surface area contributed by atoms with Gasteiger partial charge in [-0.25, -0.2) is 4.98 Å². The Morgan fingerprint density at radius 3 is 2.71 bits per heavy atom. The summed E-state index contributed by atoms with van der Waals surface area (Å²) in [6.07, 6.45) is 8.51. The minimum atomic E-state index is 0.438. The van der Waals surface area contributed by atoms with Gasteiger partial charge in [0.1, 0.15) is 5.82 Å². The molecule has 1 aromatic rings. The highest BCUT2D eigenvalue weighted by molar-refractivity contribution is 5.50. The summed E-state index contributed by atoms with van der Waals surface area (Å²) in [6, 6.07) is 1.97. The Morgan fingerprint density at radius 2 is 2.06 bits per heavy atom. The molecule has 2 rings (SSSR count). The molecular formula is C14H23N3. The zero-order valence-corrected chi connectivity index (χ0v) is 10.9. The van der Waals surface area contributed by atoms with Crippen molar-refractivity contribution < 1.29 is 0 Å². The Bertz CT molecular complexity index is 381. The summed E-state index contributed by atoms with van der Waals surface area (Å²) in [5.74, 6) is 0.978. The van der Waals surface area contributed by atoms with Crippen LogP contribution in [0.25, 0.3) is 0 Å². The molecule has 1 heterocycles. The van der Waals surface area contributed by atoms with Crippen LogP contribution in [-0.2, 0) is 0 Å². The Balaban J connectivity index is 1.97. The molecule has 0 aromatic carbocycles. The molecule has 94 valence electrons. The van der Waals surface area contributed by atoms with Crippen molar-refractivity contribution in [3.05, 3.63) is 17.8 Å². The number of anilines is 2. The number of aromatic nitrogens is 1. The first-order chi connectivity index (χ1) is 8.09. The summed E-state index contributed by atoms with van der Waals surface area (Å²) < 4.78 is 0. The van der Waals surface area contributed by atoms with E-state index in [0.717, 1.165) is 23.6 Å². The lowest BCUT2D eigenvalue weighted by atomic mass is 9.76. The van der Waals surface area contributed by atoms with Crippen LogP contribution in [-0.4, -0.2) is 11.5 Å². The van der Waals surface area contributed by atoms with Crippen LogP contribution >= 0.6 is 0 Å².